The van der Waals surface area contributed by atoms with E-state index in [1.807, 2.05) is 6.07 Å². The number of methoxy groups -OCH3 is 1. The standard InChI is InChI=1S/C10H16N2O3/c1-7(2)9(13)12-8(5-4-6-11)10(14)15-3/h7-8H,4-5H2,1-3H3,(H,12,13)/t8-/m0/s1. The van der Waals surface area contributed by atoms with Crippen molar-refractivity contribution in [3.05, 3.63) is 0 Å². The van der Waals surface area contributed by atoms with Crippen molar-refractivity contribution in [3.63, 3.8) is 0 Å². The van der Waals surface area contributed by atoms with Crippen LogP contribution in [0.5, 0.6) is 0 Å². The van der Waals surface area contributed by atoms with E-state index in [0.29, 0.717) is 0 Å². The molecule has 5 heteroatoms. The summed E-state index contributed by atoms with van der Waals surface area (Å²) in [7, 11) is 1.25. The zero-order valence-electron chi connectivity index (χ0n) is 9.24. The van der Waals surface area contributed by atoms with Crippen LogP contribution in [0, 0.1) is 17.2 Å². The summed E-state index contributed by atoms with van der Waals surface area (Å²) in [5.41, 5.74) is 0. The highest BCUT2D eigenvalue weighted by atomic mass is 16.5. The van der Waals surface area contributed by atoms with E-state index in [0.717, 1.165) is 0 Å². The van der Waals surface area contributed by atoms with Gasteiger partial charge in [-0.05, 0) is 6.42 Å². The van der Waals surface area contributed by atoms with Crippen molar-refractivity contribution >= 4 is 11.9 Å². The number of nitriles is 1. The summed E-state index contributed by atoms with van der Waals surface area (Å²) in [5, 5.41) is 10.9. The highest BCUT2D eigenvalue weighted by molar-refractivity contribution is 5.85. The topological polar surface area (TPSA) is 79.2 Å². The first-order chi connectivity index (χ1) is 7.02. The number of nitrogens with one attached hydrogen (secondary N) is 1. The van der Waals surface area contributed by atoms with Crippen molar-refractivity contribution in [2.24, 2.45) is 5.92 Å². The largest absolute Gasteiger partial charge is 0.467 e. The van der Waals surface area contributed by atoms with Gasteiger partial charge >= 0.3 is 5.97 Å². The molecule has 0 heterocycles. The Bertz CT molecular complexity index is 268. The second-order valence-corrected chi connectivity index (χ2v) is 3.44. The Morgan fingerprint density at radius 3 is 2.47 bits per heavy atom. The smallest absolute Gasteiger partial charge is 0.328 e. The van der Waals surface area contributed by atoms with E-state index < -0.39 is 12.0 Å². The van der Waals surface area contributed by atoms with Gasteiger partial charge in [-0.15, -0.1) is 0 Å². The summed E-state index contributed by atoms with van der Waals surface area (Å²) >= 11 is 0. The fraction of sp³-hybridized carbons (Fsp3) is 0.700. The Morgan fingerprint density at radius 2 is 2.07 bits per heavy atom. The molecular formula is C10H16N2O3. The van der Waals surface area contributed by atoms with Gasteiger partial charge in [0.15, 0.2) is 0 Å². The molecule has 0 aliphatic heterocycles. The highest BCUT2D eigenvalue weighted by Gasteiger charge is 2.21. The third kappa shape index (κ3) is 5.01. The molecule has 1 N–H and O–H groups in total. The lowest BCUT2D eigenvalue weighted by molar-refractivity contribution is -0.145. The van der Waals surface area contributed by atoms with Crippen molar-refractivity contribution in [2.45, 2.75) is 32.7 Å². The highest BCUT2D eigenvalue weighted by Crippen LogP contribution is 2.01. The van der Waals surface area contributed by atoms with Crippen LogP contribution >= 0.6 is 0 Å². The maximum Gasteiger partial charge on any atom is 0.328 e. The van der Waals surface area contributed by atoms with E-state index in [4.69, 9.17) is 5.26 Å². The number of nitrogens with zero attached hydrogens (tertiary/aromatic N) is 1. The van der Waals surface area contributed by atoms with Crippen molar-refractivity contribution in [2.75, 3.05) is 7.11 Å². The van der Waals surface area contributed by atoms with Crippen LogP contribution in [0.1, 0.15) is 26.7 Å². The van der Waals surface area contributed by atoms with Crippen molar-refractivity contribution in [3.8, 4) is 6.07 Å². The van der Waals surface area contributed by atoms with Crippen LogP contribution in [-0.4, -0.2) is 25.0 Å². The Balaban J connectivity index is 4.31. The lowest BCUT2D eigenvalue weighted by Crippen LogP contribution is -2.43. The second kappa shape index (κ2) is 6.82. The van der Waals surface area contributed by atoms with Crippen LogP contribution in [0.25, 0.3) is 0 Å². The van der Waals surface area contributed by atoms with E-state index in [1.165, 1.54) is 7.11 Å². The SMILES string of the molecule is COC(=O)[C@H](CCC#N)NC(=O)C(C)C. The van der Waals surface area contributed by atoms with Crippen LogP contribution in [0.4, 0.5) is 0 Å². The van der Waals surface area contributed by atoms with Gasteiger partial charge in [0.1, 0.15) is 6.04 Å². The first-order valence-electron chi connectivity index (χ1n) is 4.78. The first kappa shape index (κ1) is 13.4. The molecule has 5 nitrogen and oxygen atoms in total. The van der Waals surface area contributed by atoms with Crippen LogP contribution in [0.2, 0.25) is 0 Å². The first-order valence-corrected chi connectivity index (χ1v) is 4.78. The average Bonchev–Trinajstić information content (AvgIpc) is 2.22. The maximum atomic E-state index is 11.3. The van der Waals surface area contributed by atoms with Crippen LogP contribution < -0.4 is 5.32 Å². The summed E-state index contributed by atoms with van der Waals surface area (Å²) in [4.78, 5) is 22.6. The minimum atomic E-state index is -0.718. The van der Waals surface area contributed by atoms with Gasteiger partial charge in [-0.2, -0.15) is 5.26 Å². The van der Waals surface area contributed by atoms with E-state index in [-0.39, 0.29) is 24.7 Å². The quantitative estimate of drug-likeness (QED) is 0.677. The second-order valence-electron chi connectivity index (χ2n) is 3.44. The number of hydrogen-bond acceptors (Lipinski definition) is 4. The summed E-state index contributed by atoms with van der Waals surface area (Å²) in [6, 6.07) is 1.20. The molecule has 0 bridgehead atoms. The van der Waals surface area contributed by atoms with Gasteiger partial charge in [0.25, 0.3) is 0 Å². The monoisotopic (exact) mass is 212 g/mol. The Labute approximate surface area is 89.4 Å². The predicted molar refractivity (Wildman–Crippen MR) is 53.6 cm³/mol. The van der Waals surface area contributed by atoms with Gasteiger partial charge in [0, 0.05) is 12.3 Å². The van der Waals surface area contributed by atoms with Crippen molar-refractivity contribution < 1.29 is 14.3 Å². The van der Waals surface area contributed by atoms with Crippen LogP contribution in [-0.2, 0) is 14.3 Å². The van der Waals surface area contributed by atoms with Gasteiger partial charge in [-0.25, -0.2) is 4.79 Å². The molecule has 0 saturated heterocycles. The molecule has 0 aliphatic rings. The lowest BCUT2D eigenvalue weighted by Gasteiger charge is -2.16. The molecule has 84 valence electrons. The number of esters is 1. The van der Waals surface area contributed by atoms with Crippen molar-refractivity contribution in [1.82, 2.24) is 5.32 Å². The summed E-state index contributed by atoms with van der Waals surface area (Å²) in [6.45, 7) is 3.46. The minimum absolute atomic E-state index is 0.195. The minimum Gasteiger partial charge on any atom is -0.467 e. The zero-order valence-corrected chi connectivity index (χ0v) is 9.24. The molecule has 0 fully saturated rings. The third-order valence-electron chi connectivity index (χ3n) is 1.87. The number of ether oxygens (including phenoxy) is 1. The zero-order chi connectivity index (χ0) is 11.8. The number of hydrogen-bond donors (Lipinski definition) is 1. The molecular weight excluding hydrogens is 196 g/mol. The normalized spacial score (nSPS) is 11.7. The van der Waals surface area contributed by atoms with Gasteiger partial charge in [-0.3, -0.25) is 4.79 Å². The van der Waals surface area contributed by atoms with Gasteiger partial charge in [-0.1, -0.05) is 13.8 Å². The number of amides is 1. The summed E-state index contributed by atoms with van der Waals surface area (Å²) in [5.74, 6) is -0.929. The third-order valence-corrected chi connectivity index (χ3v) is 1.87. The Hall–Kier alpha value is -1.57. The fourth-order valence-corrected chi connectivity index (χ4v) is 0.938. The molecule has 0 unspecified atom stereocenters. The number of rotatable bonds is 5. The van der Waals surface area contributed by atoms with Crippen molar-refractivity contribution in [1.29, 1.82) is 5.26 Å². The van der Waals surface area contributed by atoms with E-state index in [1.54, 1.807) is 13.8 Å². The Kier molecular flexibility index (Phi) is 6.11. The molecule has 1 amide bonds. The van der Waals surface area contributed by atoms with Crippen LogP contribution in [0.15, 0.2) is 0 Å². The summed E-state index contributed by atoms with van der Waals surface area (Å²) in [6.07, 6.45) is 0.486. The van der Waals surface area contributed by atoms with Gasteiger partial charge in [0.2, 0.25) is 5.91 Å². The van der Waals surface area contributed by atoms with Gasteiger partial charge in [0.05, 0.1) is 13.2 Å². The molecule has 15 heavy (non-hydrogen) atoms. The van der Waals surface area contributed by atoms with Gasteiger partial charge < -0.3 is 10.1 Å². The maximum absolute atomic E-state index is 11.3. The number of carbonyl (C=O) groups excluding carboxylic acids is 2. The fourth-order valence-electron chi connectivity index (χ4n) is 0.938. The van der Waals surface area contributed by atoms with E-state index >= 15 is 0 Å². The molecule has 0 aromatic heterocycles. The molecule has 0 aromatic rings. The Morgan fingerprint density at radius 1 is 1.47 bits per heavy atom. The molecule has 0 aliphatic carbocycles. The number of carbonyl (C=O) groups is 2. The van der Waals surface area contributed by atoms with Crippen LogP contribution in [0.3, 0.4) is 0 Å². The average molecular weight is 212 g/mol. The molecule has 0 spiro atoms. The molecule has 0 aromatic carbocycles. The van der Waals surface area contributed by atoms with E-state index in [9.17, 15) is 9.59 Å². The molecule has 1 atom stereocenters. The predicted octanol–water partition coefficient (Wildman–Crippen LogP) is 0.604. The molecule has 0 rings (SSSR count). The van der Waals surface area contributed by atoms with E-state index in [2.05, 4.69) is 10.1 Å². The molecule has 0 saturated carbocycles. The lowest BCUT2D eigenvalue weighted by atomic mass is 10.1. The summed E-state index contributed by atoms with van der Waals surface area (Å²) < 4.78 is 4.53. The molecule has 0 radical (unpaired) electrons.